The predicted octanol–water partition coefficient (Wildman–Crippen LogP) is 3.67. The first-order valence-corrected chi connectivity index (χ1v) is 7.65. The van der Waals surface area contributed by atoms with Crippen molar-refractivity contribution in [1.82, 2.24) is 14.9 Å². The summed E-state index contributed by atoms with van der Waals surface area (Å²) in [5.74, 6) is 0. The summed E-state index contributed by atoms with van der Waals surface area (Å²) >= 11 is 0. The molecular formula is C15H27N3. The minimum atomic E-state index is 0.549. The molecule has 0 bridgehead atoms. The average Bonchev–Trinajstić information content (AvgIpc) is 3.03. The topological polar surface area (TPSA) is 29.9 Å². The second-order valence-electron chi connectivity index (χ2n) is 5.43. The normalized spacial score (nSPS) is 19.5. The summed E-state index contributed by atoms with van der Waals surface area (Å²) in [4.78, 5) is 4.32. The van der Waals surface area contributed by atoms with Crippen molar-refractivity contribution in [2.24, 2.45) is 0 Å². The molecule has 1 fully saturated rings. The van der Waals surface area contributed by atoms with E-state index in [2.05, 4.69) is 21.8 Å². The molecule has 1 aromatic heterocycles. The number of unbranched alkanes of at least 4 members (excludes halogenated alkanes) is 5. The van der Waals surface area contributed by atoms with Crippen molar-refractivity contribution >= 4 is 0 Å². The second-order valence-corrected chi connectivity index (χ2v) is 5.43. The lowest BCUT2D eigenvalue weighted by molar-refractivity contribution is 0.520. The highest BCUT2D eigenvalue weighted by atomic mass is 15.1. The maximum absolute atomic E-state index is 4.32. The summed E-state index contributed by atoms with van der Waals surface area (Å²) in [7, 11) is 0. The van der Waals surface area contributed by atoms with Gasteiger partial charge in [-0.25, -0.2) is 4.98 Å². The van der Waals surface area contributed by atoms with Crippen molar-refractivity contribution in [3.63, 3.8) is 0 Å². The molecule has 0 spiro atoms. The minimum absolute atomic E-state index is 0.549. The van der Waals surface area contributed by atoms with Gasteiger partial charge in [-0.05, 0) is 25.8 Å². The van der Waals surface area contributed by atoms with Crippen LogP contribution in [0.5, 0.6) is 0 Å². The third-order valence-corrected chi connectivity index (χ3v) is 3.91. The van der Waals surface area contributed by atoms with Gasteiger partial charge in [0.2, 0.25) is 0 Å². The van der Waals surface area contributed by atoms with Gasteiger partial charge in [-0.2, -0.15) is 0 Å². The second kappa shape index (κ2) is 7.57. The van der Waals surface area contributed by atoms with Crippen molar-refractivity contribution in [1.29, 1.82) is 0 Å². The van der Waals surface area contributed by atoms with Crippen molar-refractivity contribution in [3.05, 3.63) is 18.2 Å². The average molecular weight is 249 g/mol. The number of aromatic nitrogens is 2. The standard InChI is InChI=1S/C15H27N3/c1-2-3-4-5-6-7-11-18-13-16-12-15(18)14-9-8-10-17-14/h12-14,17H,2-11H2,1H3/t14-/m0/s1. The summed E-state index contributed by atoms with van der Waals surface area (Å²) in [6.45, 7) is 4.57. The molecule has 1 N–H and O–H groups in total. The highest BCUT2D eigenvalue weighted by molar-refractivity contribution is 5.07. The van der Waals surface area contributed by atoms with Gasteiger partial charge in [-0.1, -0.05) is 39.0 Å². The molecule has 0 aromatic carbocycles. The van der Waals surface area contributed by atoms with Crippen molar-refractivity contribution in [2.75, 3.05) is 6.54 Å². The highest BCUT2D eigenvalue weighted by Gasteiger charge is 2.19. The van der Waals surface area contributed by atoms with Crippen LogP contribution in [-0.2, 0) is 6.54 Å². The highest BCUT2D eigenvalue weighted by Crippen LogP contribution is 2.22. The van der Waals surface area contributed by atoms with Crippen LogP contribution in [0.15, 0.2) is 12.5 Å². The quantitative estimate of drug-likeness (QED) is 0.712. The number of hydrogen-bond donors (Lipinski definition) is 1. The van der Waals surface area contributed by atoms with Crippen molar-refractivity contribution < 1.29 is 0 Å². The molecule has 1 atom stereocenters. The molecule has 3 heteroatoms. The third-order valence-electron chi connectivity index (χ3n) is 3.91. The van der Waals surface area contributed by atoms with Gasteiger partial charge in [0, 0.05) is 18.8 Å². The van der Waals surface area contributed by atoms with Gasteiger partial charge in [0.15, 0.2) is 0 Å². The van der Waals surface area contributed by atoms with Crippen molar-refractivity contribution in [2.45, 2.75) is 70.9 Å². The van der Waals surface area contributed by atoms with Gasteiger partial charge in [-0.3, -0.25) is 0 Å². The molecule has 0 radical (unpaired) electrons. The Bertz CT molecular complexity index is 326. The Kier molecular flexibility index (Phi) is 5.72. The van der Waals surface area contributed by atoms with Crippen LogP contribution in [0, 0.1) is 0 Å². The largest absolute Gasteiger partial charge is 0.333 e. The predicted molar refractivity (Wildman–Crippen MR) is 75.6 cm³/mol. The van der Waals surface area contributed by atoms with Crippen LogP contribution in [-0.4, -0.2) is 16.1 Å². The number of hydrogen-bond acceptors (Lipinski definition) is 2. The van der Waals surface area contributed by atoms with Crippen LogP contribution in [0.25, 0.3) is 0 Å². The summed E-state index contributed by atoms with van der Waals surface area (Å²) in [6, 6.07) is 0.549. The minimum Gasteiger partial charge on any atom is -0.333 e. The first-order valence-electron chi connectivity index (χ1n) is 7.65. The SMILES string of the molecule is CCCCCCCCn1cncc1[C@@H]1CCCN1. The van der Waals surface area contributed by atoms with Crippen molar-refractivity contribution in [3.8, 4) is 0 Å². The first kappa shape index (κ1) is 13.6. The van der Waals surface area contributed by atoms with Gasteiger partial charge >= 0.3 is 0 Å². The van der Waals surface area contributed by atoms with E-state index in [1.54, 1.807) is 0 Å². The molecular weight excluding hydrogens is 222 g/mol. The Morgan fingerprint density at radius 1 is 1.28 bits per heavy atom. The van der Waals surface area contributed by atoms with Gasteiger partial charge in [0.05, 0.1) is 12.0 Å². The van der Waals surface area contributed by atoms with E-state index in [0.717, 1.165) is 13.1 Å². The molecule has 102 valence electrons. The van der Waals surface area contributed by atoms with Gasteiger partial charge in [-0.15, -0.1) is 0 Å². The summed E-state index contributed by atoms with van der Waals surface area (Å²) in [6.07, 6.45) is 14.8. The van der Waals surface area contributed by atoms with Crippen LogP contribution in [0.4, 0.5) is 0 Å². The van der Waals surface area contributed by atoms with E-state index in [1.807, 2.05) is 12.5 Å². The molecule has 2 heterocycles. The molecule has 0 aliphatic carbocycles. The maximum Gasteiger partial charge on any atom is 0.0948 e. The molecule has 1 saturated heterocycles. The molecule has 1 aromatic rings. The molecule has 18 heavy (non-hydrogen) atoms. The Morgan fingerprint density at radius 2 is 2.11 bits per heavy atom. The summed E-state index contributed by atoms with van der Waals surface area (Å²) < 4.78 is 2.35. The van der Waals surface area contributed by atoms with E-state index >= 15 is 0 Å². The Balaban J connectivity index is 1.70. The number of imidazole rings is 1. The van der Waals surface area contributed by atoms with E-state index in [0.29, 0.717) is 6.04 Å². The lowest BCUT2D eigenvalue weighted by atomic mass is 10.1. The van der Waals surface area contributed by atoms with Crippen LogP contribution >= 0.6 is 0 Å². The van der Waals surface area contributed by atoms with Crippen LogP contribution in [0.2, 0.25) is 0 Å². The van der Waals surface area contributed by atoms with Crippen LogP contribution in [0.1, 0.15) is 70.0 Å². The summed E-state index contributed by atoms with van der Waals surface area (Å²) in [5, 5.41) is 3.56. The third kappa shape index (κ3) is 3.84. The molecule has 0 amide bonds. The fourth-order valence-electron chi connectivity index (χ4n) is 2.81. The molecule has 2 rings (SSSR count). The van der Waals surface area contributed by atoms with Gasteiger partial charge < -0.3 is 9.88 Å². The number of nitrogens with one attached hydrogen (secondary N) is 1. The van der Waals surface area contributed by atoms with E-state index in [9.17, 15) is 0 Å². The zero-order valence-electron chi connectivity index (χ0n) is 11.7. The summed E-state index contributed by atoms with van der Waals surface area (Å²) in [5.41, 5.74) is 1.39. The zero-order valence-corrected chi connectivity index (χ0v) is 11.7. The fraction of sp³-hybridized carbons (Fsp3) is 0.800. The Hall–Kier alpha value is -0.830. The molecule has 1 aliphatic heterocycles. The fourth-order valence-corrected chi connectivity index (χ4v) is 2.81. The lowest BCUT2D eigenvalue weighted by Gasteiger charge is -2.13. The number of aryl methyl sites for hydroxylation is 1. The first-order chi connectivity index (χ1) is 8.92. The smallest absolute Gasteiger partial charge is 0.0948 e. The molecule has 0 saturated carbocycles. The monoisotopic (exact) mass is 249 g/mol. The van der Waals surface area contributed by atoms with E-state index in [-0.39, 0.29) is 0 Å². The van der Waals surface area contributed by atoms with Gasteiger partial charge in [0.1, 0.15) is 0 Å². The lowest BCUT2D eigenvalue weighted by Crippen LogP contribution is -2.16. The molecule has 0 unspecified atom stereocenters. The zero-order chi connectivity index (χ0) is 12.6. The molecule has 3 nitrogen and oxygen atoms in total. The maximum atomic E-state index is 4.32. The number of nitrogens with zero attached hydrogens (tertiary/aromatic N) is 2. The van der Waals surface area contributed by atoms with E-state index in [1.165, 1.54) is 57.1 Å². The molecule has 1 aliphatic rings. The van der Waals surface area contributed by atoms with Gasteiger partial charge in [0.25, 0.3) is 0 Å². The van der Waals surface area contributed by atoms with E-state index in [4.69, 9.17) is 0 Å². The van der Waals surface area contributed by atoms with E-state index < -0.39 is 0 Å². The Labute approximate surface area is 111 Å². The Morgan fingerprint density at radius 3 is 2.89 bits per heavy atom. The number of rotatable bonds is 8. The van der Waals surface area contributed by atoms with Crippen LogP contribution in [0.3, 0.4) is 0 Å². The van der Waals surface area contributed by atoms with Crippen LogP contribution < -0.4 is 5.32 Å².